The second-order valence-electron chi connectivity index (χ2n) is 6.26. The summed E-state index contributed by atoms with van der Waals surface area (Å²) in [5.74, 6) is -0.831. The van der Waals surface area contributed by atoms with Gasteiger partial charge in [0.1, 0.15) is 6.54 Å². The van der Waals surface area contributed by atoms with Gasteiger partial charge in [0.25, 0.3) is 5.56 Å². The molecular weight excluding hydrogens is 390 g/mol. The molecule has 0 fully saturated rings. The quantitative estimate of drug-likeness (QED) is 0.365. The van der Waals surface area contributed by atoms with Crippen molar-refractivity contribution in [2.24, 2.45) is 0 Å². The number of hydrogen-bond donors (Lipinski definition) is 1. The molecule has 8 heteroatoms. The summed E-state index contributed by atoms with van der Waals surface area (Å²) < 4.78 is 6.29. The number of aromatic nitrogens is 2. The van der Waals surface area contributed by atoms with E-state index in [-0.39, 0.29) is 30.4 Å². The lowest BCUT2D eigenvalue weighted by Gasteiger charge is -2.13. The third-order valence-electron chi connectivity index (χ3n) is 4.10. The van der Waals surface area contributed by atoms with Crippen molar-refractivity contribution in [1.82, 2.24) is 14.9 Å². The van der Waals surface area contributed by atoms with Gasteiger partial charge in [0, 0.05) is 0 Å². The van der Waals surface area contributed by atoms with E-state index >= 15 is 0 Å². The molecule has 0 unspecified atom stereocenters. The van der Waals surface area contributed by atoms with Gasteiger partial charge in [-0.2, -0.15) is 0 Å². The molecule has 1 aromatic heterocycles. The highest BCUT2D eigenvalue weighted by atomic mass is 32.2. The Morgan fingerprint density at radius 1 is 1.14 bits per heavy atom. The van der Waals surface area contributed by atoms with Gasteiger partial charge >= 0.3 is 5.97 Å². The number of amides is 1. The van der Waals surface area contributed by atoms with Crippen LogP contribution in [0.3, 0.4) is 0 Å². The zero-order chi connectivity index (χ0) is 20.8. The van der Waals surface area contributed by atoms with E-state index in [1.165, 1.54) is 4.57 Å². The van der Waals surface area contributed by atoms with Crippen molar-refractivity contribution in [2.45, 2.75) is 19.0 Å². The number of ether oxygens (including phenoxy) is 1. The van der Waals surface area contributed by atoms with Crippen LogP contribution in [0.15, 0.2) is 58.5 Å². The van der Waals surface area contributed by atoms with Crippen molar-refractivity contribution in [2.75, 3.05) is 18.9 Å². The number of thioether (sulfide) groups is 1. The molecule has 0 saturated carbocycles. The van der Waals surface area contributed by atoms with Gasteiger partial charge in [0.15, 0.2) is 5.16 Å². The molecule has 2 aromatic carbocycles. The van der Waals surface area contributed by atoms with Crippen molar-refractivity contribution >= 4 is 34.5 Å². The Kier molecular flexibility index (Phi) is 6.66. The maximum absolute atomic E-state index is 13.1. The molecule has 1 amide bonds. The molecule has 0 aliphatic rings. The number of nitrogens with zero attached hydrogens (tertiary/aromatic N) is 2. The lowest BCUT2D eigenvalue weighted by atomic mass is 10.2. The van der Waals surface area contributed by atoms with E-state index in [0.717, 1.165) is 17.3 Å². The molecule has 0 bridgehead atoms. The highest BCUT2D eigenvalue weighted by Crippen LogP contribution is 2.21. The summed E-state index contributed by atoms with van der Waals surface area (Å²) in [5.41, 5.74) is 2.11. The van der Waals surface area contributed by atoms with Crippen LogP contribution < -0.4 is 10.9 Å². The minimum Gasteiger partial charge on any atom is -0.465 e. The van der Waals surface area contributed by atoms with Crippen LogP contribution in [0.5, 0.6) is 0 Å². The van der Waals surface area contributed by atoms with E-state index < -0.39 is 5.97 Å². The second kappa shape index (κ2) is 9.38. The molecule has 150 valence electrons. The van der Waals surface area contributed by atoms with Crippen molar-refractivity contribution in [1.29, 1.82) is 0 Å². The first-order valence-electron chi connectivity index (χ1n) is 9.13. The number of para-hydroxylation sites is 1. The molecule has 7 nitrogen and oxygen atoms in total. The van der Waals surface area contributed by atoms with Crippen LogP contribution in [-0.2, 0) is 14.3 Å². The Labute approximate surface area is 172 Å². The molecular formula is C21H21N3O4S. The van der Waals surface area contributed by atoms with Crippen LogP contribution in [0, 0.1) is 6.92 Å². The van der Waals surface area contributed by atoms with Crippen molar-refractivity contribution in [3.63, 3.8) is 0 Å². The van der Waals surface area contributed by atoms with Gasteiger partial charge in [-0.25, -0.2) is 4.98 Å². The van der Waals surface area contributed by atoms with Gasteiger partial charge in [0.2, 0.25) is 5.91 Å². The summed E-state index contributed by atoms with van der Waals surface area (Å²) >= 11 is 1.14. The van der Waals surface area contributed by atoms with Crippen LogP contribution in [0.25, 0.3) is 16.6 Å². The summed E-state index contributed by atoms with van der Waals surface area (Å²) in [6.07, 6.45) is 0. The van der Waals surface area contributed by atoms with Gasteiger partial charge in [-0.15, -0.1) is 0 Å². The van der Waals surface area contributed by atoms with Gasteiger partial charge in [-0.1, -0.05) is 41.6 Å². The van der Waals surface area contributed by atoms with Crippen molar-refractivity contribution in [3.8, 4) is 5.69 Å². The van der Waals surface area contributed by atoms with Crippen molar-refractivity contribution < 1.29 is 14.3 Å². The summed E-state index contributed by atoms with van der Waals surface area (Å²) in [6.45, 7) is 3.73. The first-order valence-corrected chi connectivity index (χ1v) is 10.1. The number of carbonyl (C=O) groups excluding carboxylic acids is 2. The van der Waals surface area contributed by atoms with E-state index in [1.54, 1.807) is 25.1 Å². The first-order chi connectivity index (χ1) is 14.0. The molecule has 1 N–H and O–H groups in total. The number of aryl methyl sites for hydroxylation is 1. The fourth-order valence-corrected chi connectivity index (χ4v) is 3.54. The maximum Gasteiger partial charge on any atom is 0.325 e. The number of hydrogen-bond acceptors (Lipinski definition) is 6. The number of carbonyl (C=O) groups is 2. The molecule has 0 aliphatic carbocycles. The predicted octanol–water partition coefficient (Wildman–Crippen LogP) is 2.47. The molecule has 3 aromatic rings. The SMILES string of the molecule is CCOC(=O)CNC(=O)CSc1nc2ccccc2c(=O)n1-c1ccc(C)cc1. The maximum atomic E-state index is 13.1. The lowest BCUT2D eigenvalue weighted by Crippen LogP contribution is -2.32. The number of benzene rings is 2. The van der Waals surface area contributed by atoms with Crippen LogP contribution >= 0.6 is 11.8 Å². The lowest BCUT2D eigenvalue weighted by molar-refractivity contribution is -0.143. The van der Waals surface area contributed by atoms with Gasteiger partial charge in [-0.05, 0) is 38.1 Å². The minimum absolute atomic E-state index is 0.00997. The van der Waals surface area contributed by atoms with Gasteiger partial charge < -0.3 is 10.1 Å². The number of fused-ring (bicyclic) bond motifs is 1. The molecule has 0 aliphatic heterocycles. The number of nitrogens with one attached hydrogen (secondary N) is 1. The monoisotopic (exact) mass is 411 g/mol. The molecule has 3 rings (SSSR count). The van der Waals surface area contributed by atoms with E-state index in [2.05, 4.69) is 10.3 Å². The zero-order valence-electron chi connectivity index (χ0n) is 16.2. The molecule has 0 saturated heterocycles. The average Bonchev–Trinajstić information content (AvgIpc) is 2.72. The number of esters is 1. The molecule has 1 heterocycles. The van der Waals surface area contributed by atoms with Crippen molar-refractivity contribution in [3.05, 3.63) is 64.4 Å². The van der Waals surface area contributed by atoms with Crippen LogP contribution in [0.2, 0.25) is 0 Å². The Hall–Kier alpha value is -3.13. The Morgan fingerprint density at radius 2 is 1.86 bits per heavy atom. The summed E-state index contributed by atoms with van der Waals surface area (Å²) in [4.78, 5) is 41.2. The highest BCUT2D eigenvalue weighted by molar-refractivity contribution is 7.99. The Bertz CT molecular complexity index is 1090. The predicted molar refractivity (Wildman–Crippen MR) is 112 cm³/mol. The summed E-state index contributed by atoms with van der Waals surface area (Å²) in [5, 5.41) is 3.42. The van der Waals surface area contributed by atoms with Crippen LogP contribution in [0.4, 0.5) is 0 Å². The molecule has 29 heavy (non-hydrogen) atoms. The number of rotatable bonds is 7. The summed E-state index contributed by atoms with van der Waals surface area (Å²) in [7, 11) is 0. The van der Waals surface area contributed by atoms with Gasteiger partial charge in [-0.3, -0.25) is 19.0 Å². The third-order valence-corrected chi connectivity index (χ3v) is 5.04. The van der Waals surface area contributed by atoms with E-state index in [1.807, 2.05) is 37.3 Å². The smallest absolute Gasteiger partial charge is 0.325 e. The van der Waals surface area contributed by atoms with Crippen LogP contribution in [-0.4, -0.2) is 40.3 Å². The highest BCUT2D eigenvalue weighted by Gasteiger charge is 2.15. The topological polar surface area (TPSA) is 90.3 Å². The minimum atomic E-state index is -0.494. The fraction of sp³-hybridized carbons (Fsp3) is 0.238. The standard InChI is InChI=1S/C21H21N3O4S/c1-3-28-19(26)12-22-18(25)13-29-21-23-17-7-5-4-6-16(17)20(27)24(21)15-10-8-14(2)9-11-15/h4-11H,3,12-13H2,1-2H3,(H,22,25). The van der Waals surface area contributed by atoms with E-state index in [9.17, 15) is 14.4 Å². The zero-order valence-corrected chi connectivity index (χ0v) is 17.0. The summed E-state index contributed by atoms with van der Waals surface area (Å²) in [6, 6.07) is 14.6. The second-order valence-corrected chi connectivity index (χ2v) is 7.20. The van der Waals surface area contributed by atoms with Gasteiger partial charge in [0.05, 0.1) is 29.0 Å². The Balaban J connectivity index is 1.89. The normalized spacial score (nSPS) is 10.7. The largest absolute Gasteiger partial charge is 0.465 e. The Morgan fingerprint density at radius 3 is 2.59 bits per heavy atom. The molecule has 0 radical (unpaired) electrons. The first kappa shape index (κ1) is 20.6. The average molecular weight is 411 g/mol. The van der Waals surface area contributed by atoms with E-state index in [4.69, 9.17) is 4.74 Å². The third kappa shape index (κ3) is 5.03. The molecule has 0 atom stereocenters. The molecule has 0 spiro atoms. The van der Waals surface area contributed by atoms with Crippen LogP contribution in [0.1, 0.15) is 12.5 Å². The van der Waals surface area contributed by atoms with E-state index in [0.29, 0.717) is 21.7 Å². The fourth-order valence-electron chi connectivity index (χ4n) is 2.69.